The van der Waals surface area contributed by atoms with Crippen molar-refractivity contribution in [2.45, 2.75) is 32.9 Å². The molecule has 2 N–H and O–H groups in total. The number of carboxylic acid groups (broad SMARTS) is 1. The van der Waals surface area contributed by atoms with E-state index in [9.17, 15) is 18.7 Å². The van der Waals surface area contributed by atoms with Crippen LogP contribution in [0.3, 0.4) is 0 Å². The molecule has 0 bridgehead atoms. The van der Waals surface area contributed by atoms with Crippen LogP contribution in [-0.2, 0) is 6.54 Å². The number of rotatable bonds is 9. The van der Waals surface area contributed by atoms with E-state index < -0.39 is 19.0 Å². The van der Waals surface area contributed by atoms with Gasteiger partial charge in [-0.05, 0) is 82.8 Å². The first-order valence-corrected chi connectivity index (χ1v) is 11.4. The van der Waals surface area contributed by atoms with Crippen molar-refractivity contribution in [2.24, 2.45) is 0 Å². The molecule has 4 rings (SSSR count). The monoisotopic (exact) mass is 511 g/mol. The zero-order valence-electron chi connectivity index (χ0n) is 20.0. The van der Waals surface area contributed by atoms with E-state index in [0.717, 1.165) is 38.6 Å². The van der Waals surface area contributed by atoms with Gasteiger partial charge in [-0.15, -0.1) is 12.4 Å². The molecule has 0 fully saturated rings. The molecule has 0 amide bonds. The number of hydrogen-bond donors (Lipinski definition) is 2. The van der Waals surface area contributed by atoms with Crippen LogP contribution in [0.25, 0.3) is 21.9 Å². The van der Waals surface area contributed by atoms with Crippen molar-refractivity contribution in [1.29, 1.82) is 0 Å². The van der Waals surface area contributed by atoms with Crippen LogP contribution >= 0.6 is 12.4 Å². The van der Waals surface area contributed by atoms with E-state index in [2.05, 4.69) is 17.4 Å². The number of carboxylic acids is 1. The molecule has 0 saturated carbocycles. The number of halogens is 3. The molecule has 7 heteroatoms. The van der Waals surface area contributed by atoms with Gasteiger partial charge in [-0.1, -0.05) is 48.5 Å². The average molecular weight is 512 g/mol. The number of ether oxygens (including phenoxy) is 1. The molecular formula is C29H28ClF2NO3. The molecule has 36 heavy (non-hydrogen) atoms. The van der Waals surface area contributed by atoms with Gasteiger partial charge in [-0.3, -0.25) is 0 Å². The lowest BCUT2D eigenvalue weighted by Crippen LogP contribution is -2.18. The summed E-state index contributed by atoms with van der Waals surface area (Å²) in [4.78, 5) is 11.7. The summed E-state index contributed by atoms with van der Waals surface area (Å²) < 4.78 is 30.1. The number of alkyl halides is 2. The molecule has 0 spiro atoms. The van der Waals surface area contributed by atoms with Crippen LogP contribution in [-0.4, -0.2) is 24.1 Å². The van der Waals surface area contributed by atoms with Crippen LogP contribution in [0.15, 0.2) is 78.9 Å². The maximum Gasteiger partial charge on any atom is 0.335 e. The molecular weight excluding hydrogens is 484 g/mol. The number of aromatic carboxylic acids is 1. The van der Waals surface area contributed by atoms with Crippen molar-refractivity contribution in [1.82, 2.24) is 5.32 Å². The summed E-state index contributed by atoms with van der Waals surface area (Å²) in [5.74, 6) is -0.530. The van der Waals surface area contributed by atoms with E-state index in [1.807, 2.05) is 49.4 Å². The highest BCUT2D eigenvalue weighted by Crippen LogP contribution is 2.32. The molecule has 4 aromatic rings. The zero-order chi connectivity index (χ0) is 24.9. The van der Waals surface area contributed by atoms with Crippen LogP contribution in [0.2, 0.25) is 0 Å². The van der Waals surface area contributed by atoms with Crippen molar-refractivity contribution < 1.29 is 23.4 Å². The van der Waals surface area contributed by atoms with E-state index in [1.54, 1.807) is 31.2 Å². The third-order valence-electron chi connectivity index (χ3n) is 6.05. The van der Waals surface area contributed by atoms with Crippen molar-refractivity contribution in [2.75, 3.05) is 6.61 Å². The van der Waals surface area contributed by atoms with Gasteiger partial charge in [0.1, 0.15) is 12.4 Å². The number of hydrogen-bond acceptors (Lipinski definition) is 3. The minimum atomic E-state index is -2.52. The topological polar surface area (TPSA) is 58.6 Å². The summed E-state index contributed by atoms with van der Waals surface area (Å²) >= 11 is 0. The quantitative estimate of drug-likeness (QED) is 0.245. The Kier molecular flexibility index (Phi) is 9.02. The fourth-order valence-corrected chi connectivity index (χ4v) is 4.16. The van der Waals surface area contributed by atoms with Gasteiger partial charge in [0.15, 0.2) is 0 Å². The van der Waals surface area contributed by atoms with Crippen molar-refractivity contribution >= 4 is 29.1 Å². The number of benzene rings is 4. The number of fused-ring (bicyclic) bond motifs is 1. The van der Waals surface area contributed by atoms with E-state index in [0.29, 0.717) is 12.3 Å². The number of aryl methyl sites for hydroxylation is 1. The molecule has 0 heterocycles. The van der Waals surface area contributed by atoms with Gasteiger partial charge in [0, 0.05) is 12.6 Å². The molecule has 0 aliphatic rings. The van der Waals surface area contributed by atoms with E-state index >= 15 is 0 Å². The predicted molar refractivity (Wildman–Crippen MR) is 142 cm³/mol. The third-order valence-corrected chi connectivity index (χ3v) is 6.05. The van der Waals surface area contributed by atoms with E-state index in [4.69, 9.17) is 4.74 Å². The van der Waals surface area contributed by atoms with Gasteiger partial charge in [-0.2, -0.15) is 0 Å². The first-order chi connectivity index (χ1) is 16.8. The first kappa shape index (κ1) is 27.1. The Balaban J connectivity index is 0.00000361. The minimum absolute atomic E-state index is 0. The van der Waals surface area contributed by atoms with Crippen molar-refractivity contribution in [3.05, 3.63) is 101 Å². The summed E-state index contributed by atoms with van der Waals surface area (Å²) in [6.07, 6.45) is -2.52. The zero-order valence-corrected chi connectivity index (χ0v) is 20.8. The normalized spacial score (nSPS) is 11.8. The SMILES string of the molecule is Cc1ccc(-c2cc(CNC(C)c3cccc(OCC(F)F)c3)cc3ccccc23)cc1C(=O)O.Cl. The Morgan fingerprint density at radius 1 is 1.00 bits per heavy atom. The second-order valence-corrected chi connectivity index (χ2v) is 8.58. The minimum Gasteiger partial charge on any atom is -0.488 e. The molecule has 4 aromatic carbocycles. The molecule has 0 saturated heterocycles. The summed E-state index contributed by atoms with van der Waals surface area (Å²) in [5, 5.41) is 15.2. The largest absolute Gasteiger partial charge is 0.488 e. The van der Waals surface area contributed by atoms with Gasteiger partial charge in [0.2, 0.25) is 0 Å². The van der Waals surface area contributed by atoms with Crippen molar-refractivity contribution in [3.8, 4) is 16.9 Å². The molecule has 1 unspecified atom stereocenters. The lowest BCUT2D eigenvalue weighted by Gasteiger charge is -2.17. The third kappa shape index (κ3) is 6.39. The lowest BCUT2D eigenvalue weighted by molar-refractivity contribution is 0.0696. The lowest BCUT2D eigenvalue weighted by atomic mass is 9.93. The van der Waals surface area contributed by atoms with Gasteiger partial charge in [-0.25, -0.2) is 13.6 Å². The van der Waals surface area contributed by atoms with Crippen LogP contribution < -0.4 is 10.1 Å². The molecule has 4 nitrogen and oxygen atoms in total. The molecule has 188 valence electrons. The molecule has 0 aromatic heterocycles. The van der Waals surface area contributed by atoms with Crippen LogP contribution in [0.4, 0.5) is 8.78 Å². The Hall–Kier alpha value is -3.48. The summed E-state index contributed by atoms with van der Waals surface area (Å²) in [5.41, 5.74) is 4.81. The average Bonchev–Trinajstić information content (AvgIpc) is 2.86. The Labute approximate surface area is 215 Å². The molecule has 0 aliphatic carbocycles. The van der Waals surface area contributed by atoms with E-state index in [1.165, 1.54) is 0 Å². The van der Waals surface area contributed by atoms with Crippen LogP contribution in [0, 0.1) is 6.92 Å². The molecule has 1 atom stereocenters. The van der Waals surface area contributed by atoms with Gasteiger partial charge in [0.05, 0.1) is 5.56 Å². The van der Waals surface area contributed by atoms with Gasteiger partial charge >= 0.3 is 5.97 Å². The summed E-state index contributed by atoms with van der Waals surface area (Å²) in [6, 6.07) is 24.9. The second-order valence-electron chi connectivity index (χ2n) is 8.58. The standard InChI is InChI=1S/C29H27F2NO3.ClH/c1-18-10-11-23(15-26(18)29(33)34)27-13-20(12-22-6-3-4-9-25(22)27)16-32-19(2)21-7-5-8-24(14-21)35-17-28(30)31;/h3-15,19,28,32H,16-17H2,1-2H3,(H,33,34);1H. The summed E-state index contributed by atoms with van der Waals surface area (Å²) in [7, 11) is 0. The fraction of sp³-hybridized carbons (Fsp3) is 0.207. The second kappa shape index (κ2) is 12.0. The molecule has 0 radical (unpaired) electrons. The van der Waals surface area contributed by atoms with Crippen LogP contribution in [0.1, 0.15) is 40.0 Å². The smallest absolute Gasteiger partial charge is 0.335 e. The van der Waals surface area contributed by atoms with Crippen LogP contribution in [0.5, 0.6) is 5.75 Å². The van der Waals surface area contributed by atoms with Gasteiger partial charge in [0.25, 0.3) is 6.43 Å². The number of carbonyl (C=O) groups is 1. The van der Waals surface area contributed by atoms with Crippen molar-refractivity contribution in [3.63, 3.8) is 0 Å². The fourth-order valence-electron chi connectivity index (χ4n) is 4.16. The Morgan fingerprint density at radius 3 is 2.53 bits per heavy atom. The molecule has 0 aliphatic heterocycles. The maximum atomic E-state index is 12.5. The van der Waals surface area contributed by atoms with E-state index in [-0.39, 0.29) is 24.0 Å². The Morgan fingerprint density at radius 2 is 1.78 bits per heavy atom. The Bertz CT molecular complexity index is 1360. The maximum absolute atomic E-state index is 12.5. The predicted octanol–water partition coefficient (Wildman–Crippen LogP) is 7.43. The van der Waals surface area contributed by atoms with Gasteiger partial charge < -0.3 is 15.2 Å². The highest BCUT2D eigenvalue weighted by Gasteiger charge is 2.13. The number of nitrogens with one attached hydrogen (secondary N) is 1. The highest BCUT2D eigenvalue weighted by molar-refractivity contribution is 5.99. The summed E-state index contributed by atoms with van der Waals surface area (Å²) in [6.45, 7) is 3.74. The highest BCUT2D eigenvalue weighted by atomic mass is 35.5. The first-order valence-electron chi connectivity index (χ1n) is 11.4.